The van der Waals surface area contributed by atoms with Gasteiger partial charge in [0.15, 0.2) is 4.34 Å². The smallest absolute Gasteiger partial charge is 0.230 e. The Labute approximate surface area is 145 Å². The van der Waals surface area contributed by atoms with Crippen LogP contribution in [0, 0.1) is 5.92 Å². The molecule has 0 spiro atoms. The zero-order valence-electron chi connectivity index (χ0n) is 13.3. The number of sulfonamides is 1. The molecular formula is C13H22N4O3S3. The van der Waals surface area contributed by atoms with Gasteiger partial charge >= 0.3 is 0 Å². The van der Waals surface area contributed by atoms with Crippen molar-refractivity contribution in [1.29, 1.82) is 0 Å². The monoisotopic (exact) mass is 378 g/mol. The van der Waals surface area contributed by atoms with E-state index in [9.17, 15) is 13.2 Å². The third kappa shape index (κ3) is 5.13. The maximum atomic E-state index is 12.4. The fourth-order valence-electron chi connectivity index (χ4n) is 2.45. The lowest BCUT2D eigenvalue weighted by Crippen LogP contribution is -2.44. The minimum absolute atomic E-state index is 0.134. The maximum absolute atomic E-state index is 12.4. The van der Waals surface area contributed by atoms with E-state index in [1.165, 1.54) is 15.6 Å². The van der Waals surface area contributed by atoms with Crippen molar-refractivity contribution in [3.8, 4) is 0 Å². The SMILES string of the molecule is CCCS(=O)(=O)N1CCC[C@H](C(=O)Nc2nnc(SCC)s2)C1. The van der Waals surface area contributed by atoms with Crippen LogP contribution in [0.2, 0.25) is 0 Å². The van der Waals surface area contributed by atoms with Crippen LogP contribution in [-0.4, -0.2) is 53.4 Å². The summed E-state index contributed by atoms with van der Waals surface area (Å²) in [6.07, 6.45) is 1.98. The van der Waals surface area contributed by atoms with E-state index in [1.54, 1.807) is 11.8 Å². The van der Waals surface area contributed by atoms with Crippen LogP contribution >= 0.6 is 23.1 Å². The van der Waals surface area contributed by atoms with E-state index < -0.39 is 10.0 Å². The predicted octanol–water partition coefficient (Wildman–Crippen LogP) is 2.04. The first kappa shape index (κ1) is 18.6. The van der Waals surface area contributed by atoms with Crippen LogP contribution in [0.3, 0.4) is 0 Å². The summed E-state index contributed by atoms with van der Waals surface area (Å²) in [5.74, 6) is 0.525. The van der Waals surface area contributed by atoms with Gasteiger partial charge in [0.05, 0.1) is 11.7 Å². The first-order chi connectivity index (χ1) is 11.0. The van der Waals surface area contributed by atoms with Gasteiger partial charge in [0.1, 0.15) is 0 Å². The number of aromatic nitrogens is 2. The lowest BCUT2D eigenvalue weighted by Gasteiger charge is -2.30. The van der Waals surface area contributed by atoms with Gasteiger partial charge < -0.3 is 5.32 Å². The van der Waals surface area contributed by atoms with Crippen molar-refractivity contribution in [3.63, 3.8) is 0 Å². The Balaban J connectivity index is 1.96. The second-order valence-corrected chi connectivity index (χ2v) is 9.89. The molecule has 1 aromatic rings. The first-order valence-corrected chi connectivity index (χ1v) is 11.1. The van der Waals surface area contributed by atoms with E-state index in [0.717, 1.165) is 10.1 Å². The molecule has 1 aliphatic rings. The normalized spacial score (nSPS) is 19.7. The molecule has 1 aliphatic heterocycles. The van der Waals surface area contributed by atoms with Crippen molar-refractivity contribution in [2.45, 2.75) is 37.4 Å². The van der Waals surface area contributed by atoms with Crippen molar-refractivity contribution in [3.05, 3.63) is 0 Å². The highest BCUT2D eigenvalue weighted by Crippen LogP contribution is 2.26. The van der Waals surface area contributed by atoms with Crippen LogP contribution in [0.15, 0.2) is 4.34 Å². The van der Waals surface area contributed by atoms with Gasteiger partial charge in [-0.1, -0.05) is 36.9 Å². The van der Waals surface area contributed by atoms with Gasteiger partial charge in [-0.25, -0.2) is 12.7 Å². The number of hydrogen-bond acceptors (Lipinski definition) is 7. The molecule has 0 radical (unpaired) electrons. The molecule has 10 heteroatoms. The number of nitrogens with one attached hydrogen (secondary N) is 1. The number of anilines is 1. The fourth-order valence-corrected chi connectivity index (χ4v) is 5.69. The molecule has 1 N–H and O–H groups in total. The molecule has 1 atom stereocenters. The number of piperidine rings is 1. The summed E-state index contributed by atoms with van der Waals surface area (Å²) in [4.78, 5) is 12.4. The Bertz CT molecular complexity index is 632. The molecule has 130 valence electrons. The summed E-state index contributed by atoms with van der Waals surface area (Å²) in [7, 11) is -3.25. The summed E-state index contributed by atoms with van der Waals surface area (Å²) in [6.45, 7) is 4.62. The summed E-state index contributed by atoms with van der Waals surface area (Å²) in [6, 6.07) is 0. The van der Waals surface area contributed by atoms with Gasteiger partial charge in [-0.3, -0.25) is 4.79 Å². The van der Waals surface area contributed by atoms with Crippen LogP contribution in [0.25, 0.3) is 0 Å². The predicted molar refractivity (Wildman–Crippen MR) is 93.3 cm³/mol. The van der Waals surface area contributed by atoms with E-state index in [4.69, 9.17) is 0 Å². The number of nitrogens with zero attached hydrogens (tertiary/aromatic N) is 3. The van der Waals surface area contributed by atoms with Crippen LogP contribution in [0.5, 0.6) is 0 Å². The lowest BCUT2D eigenvalue weighted by atomic mass is 9.99. The molecule has 0 saturated carbocycles. The number of hydrogen-bond donors (Lipinski definition) is 1. The number of amides is 1. The number of rotatable bonds is 7. The van der Waals surface area contributed by atoms with E-state index in [2.05, 4.69) is 15.5 Å². The highest BCUT2D eigenvalue weighted by molar-refractivity contribution is 8.01. The maximum Gasteiger partial charge on any atom is 0.230 e. The molecule has 1 saturated heterocycles. The average molecular weight is 379 g/mol. The Kier molecular flexibility index (Phi) is 6.81. The Hall–Kier alpha value is -0.710. The quantitative estimate of drug-likeness (QED) is 0.576. The van der Waals surface area contributed by atoms with E-state index in [1.807, 2.05) is 13.8 Å². The molecule has 2 rings (SSSR count). The molecule has 1 amide bonds. The Morgan fingerprint density at radius 1 is 1.43 bits per heavy atom. The fraction of sp³-hybridized carbons (Fsp3) is 0.769. The average Bonchev–Trinajstić information content (AvgIpc) is 2.95. The molecule has 2 heterocycles. The van der Waals surface area contributed by atoms with Gasteiger partial charge in [0, 0.05) is 13.1 Å². The van der Waals surface area contributed by atoms with Gasteiger partial charge in [-0.2, -0.15) is 0 Å². The van der Waals surface area contributed by atoms with E-state index >= 15 is 0 Å². The standard InChI is InChI=1S/C13H22N4O3S3/c1-3-8-23(19,20)17-7-5-6-10(9-17)11(18)14-12-15-16-13(22-12)21-4-2/h10H,3-9H2,1-2H3,(H,14,15,18)/t10-/m0/s1. The lowest BCUT2D eigenvalue weighted by molar-refractivity contribution is -0.120. The van der Waals surface area contributed by atoms with Gasteiger partial charge in [0.2, 0.25) is 21.1 Å². The van der Waals surface area contributed by atoms with Gasteiger partial charge in [-0.15, -0.1) is 10.2 Å². The highest BCUT2D eigenvalue weighted by Gasteiger charge is 2.32. The van der Waals surface area contributed by atoms with Crippen molar-refractivity contribution in [2.24, 2.45) is 5.92 Å². The Morgan fingerprint density at radius 3 is 2.91 bits per heavy atom. The Morgan fingerprint density at radius 2 is 2.22 bits per heavy atom. The highest BCUT2D eigenvalue weighted by atomic mass is 32.2. The van der Waals surface area contributed by atoms with Crippen LogP contribution in [0.4, 0.5) is 5.13 Å². The summed E-state index contributed by atoms with van der Waals surface area (Å²) in [5.41, 5.74) is 0. The molecule has 0 aromatic carbocycles. The van der Waals surface area contributed by atoms with Crippen molar-refractivity contribution >= 4 is 44.2 Å². The zero-order chi connectivity index (χ0) is 16.9. The number of carbonyl (C=O) groups excluding carboxylic acids is 1. The van der Waals surface area contributed by atoms with Crippen molar-refractivity contribution in [1.82, 2.24) is 14.5 Å². The zero-order valence-corrected chi connectivity index (χ0v) is 15.8. The van der Waals surface area contributed by atoms with Gasteiger partial charge in [-0.05, 0) is 25.0 Å². The second-order valence-electron chi connectivity index (χ2n) is 5.31. The third-order valence-corrected chi connectivity index (χ3v) is 7.41. The summed E-state index contributed by atoms with van der Waals surface area (Å²) < 4.78 is 26.6. The van der Waals surface area contributed by atoms with Crippen molar-refractivity contribution in [2.75, 3.05) is 29.9 Å². The molecule has 0 aliphatic carbocycles. The second kappa shape index (κ2) is 8.41. The summed E-state index contributed by atoms with van der Waals surface area (Å²) in [5, 5.41) is 11.2. The first-order valence-electron chi connectivity index (χ1n) is 7.71. The topological polar surface area (TPSA) is 92.3 Å². The number of carbonyl (C=O) groups is 1. The minimum Gasteiger partial charge on any atom is -0.300 e. The molecule has 1 aromatic heterocycles. The molecule has 23 heavy (non-hydrogen) atoms. The van der Waals surface area contributed by atoms with Crippen molar-refractivity contribution < 1.29 is 13.2 Å². The van der Waals surface area contributed by atoms with E-state index in [-0.39, 0.29) is 24.1 Å². The largest absolute Gasteiger partial charge is 0.300 e. The van der Waals surface area contributed by atoms with Crippen LogP contribution in [0.1, 0.15) is 33.1 Å². The molecule has 0 bridgehead atoms. The van der Waals surface area contributed by atoms with Crippen LogP contribution < -0.4 is 5.32 Å². The molecule has 1 fully saturated rings. The summed E-state index contributed by atoms with van der Waals surface area (Å²) >= 11 is 2.92. The van der Waals surface area contributed by atoms with E-state index in [0.29, 0.717) is 30.9 Å². The number of thioether (sulfide) groups is 1. The van der Waals surface area contributed by atoms with Gasteiger partial charge in [0.25, 0.3) is 0 Å². The third-order valence-electron chi connectivity index (χ3n) is 3.51. The molecule has 7 nitrogen and oxygen atoms in total. The molecule has 0 unspecified atom stereocenters. The molecular weight excluding hydrogens is 356 g/mol. The van der Waals surface area contributed by atoms with Crippen LogP contribution in [-0.2, 0) is 14.8 Å². The minimum atomic E-state index is -3.25.